The first-order valence-electron chi connectivity index (χ1n) is 8.18. The van der Waals surface area contributed by atoms with Gasteiger partial charge >= 0.3 is 5.97 Å². The van der Waals surface area contributed by atoms with Gasteiger partial charge in [0.15, 0.2) is 6.61 Å². The number of anilines is 2. The molecular weight excluding hydrogens is 423 g/mol. The fraction of sp³-hybridized carbons (Fsp3) is 0.211. The number of carbonyl (C=O) groups excluding carboxylic acids is 3. The second-order valence-corrected chi connectivity index (χ2v) is 7.57. The molecule has 0 aliphatic carbocycles. The number of benzene rings is 2. The summed E-state index contributed by atoms with van der Waals surface area (Å²) in [5.41, 5.74) is 2.01. The normalized spacial score (nSPS) is 10.2. The Morgan fingerprint density at radius 2 is 1.61 bits per heavy atom. The number of thioether (sulfide) groups is 1. The van der Waals surface area contributed by atoms with Crippen LogP contribution in [0.1, 0.15) is 5.56 Å². The molecule has 0 radical (unpaired) electrons. The summed E-state index contributed by atoms with van der Waals surface area (Å²) >= 11 is 12.7. The highest BCUT2D eigenvalue weighted by Crippen LogP contribution is 2.19. The fourth-order valence-electron chi connectivity index (χ4n) is 2.10. The van der Waals surface area contributed by atoms with Gasteiger partial charge in [-0.1, -0.05) is 23.2 Å². The van der Waals surface area contributed by atoms with Crippen LogP contribution in [0.25, 0.3) is 0 Å². The Morgan fingerprint density at radius 1 is 0.929 bits per heavy atom. The van der Waals surface area contributed by atoms with Crippen molar-refractivity contribution in [2.45, 2.75) is 6.92 Å². The van der Waals surface area contributed by atoms with Gasteiger partial charge in [-0.2, -0.15) is 0 Å². The molecule has 0 aromatic heterocycles. The van der Waals surface area contributed by atoms with E-state index in [1.807, 2.05) is 0 Å². The Morgan fingerprint density at radius 3 is 2.29 bits per heavy atom. The third-order valence-electron chi connectivity index (χ3n) is 3.41. The summed E-state index contributed by atoms with van der Waals surface area (Å²) in [6.45, 7) is 1.40. The van der Waals surface area contributed by atoms with E-state index >= 15 is 0 Å². The molecule has 0 bridgehead atoms. The number of aryl methyl sites for hydroxylation is 1. The van der Waals surface area contributed by atoms with E-state index in [2.05, 4.69) is 10.6 Å². The minimum absolute atomic E-state index is 0.0404. The minimum atomic E-state index is -0.577. The predicted molar refractivity (Wildman–Crippen MR) is 113 cm³/mol. The molecule has 2 rings (SSSR count). The lowest BCUT2D eigenvalue weighted by atomic mass is 10.2. The number of hydrogen-bond acceptors (Lipinski definition) is 5. The minimum Gasteiger partial charge on any atom is -0.455 e. The number of amides is 2. The number of hydrogen-bond donors (Lipinski definition) is 2. The van der Waals surface area contributed by atoms with Crippen molar-refractivity contribution < 1.29 is 19.1 Å². The molecule has 2 aromatic carbocycles. The summed E-state index contributed by atoms with van der Waals surface area (Å²) in [7, 11) is 0. The van der Waals surface area contributed by atoms with Crippen LogP contribution in [0.2, 0.25) is 10.0 Å². The molecule has 9 heteroatoms. The van der Waals surface area contributed by atoms with E-state index in [9.17, 15) is 14.4 Å². The summed E-state index contributed by atoms with van der Waals surface area (Å²) in [5.74, 6) is -1.25. The third kappa shape index (κ3) is 7.80. The van der Waals surface area contributed by atoms with Crippen LogP contribution in [0.4, 0.5) is 11.4 Å². The molecule has 2 aromatic rings. The number of esters is 1. The summed E-state index contributed by atoms with van der Waals surface area (Å²) in [4.78, 5) is 35.4. The SMILES string of the molecule is Cc1cc(Cl)ccc1NC(=O)COC(=O)CSCC(=O)Nc1ccc(Cl)cc1. The highest BCUT2D eigenvalue weighted by molar-refractivity contribution is 8.00. The van der Waals surface area contributed by atoms with Gasteiger partial charge in [0, 0.05) is 21.4 Å². The lowest BCUT2D eigenvalue weighted by molar-refractivity contribution is -0.144. The molecular formula is C19H18Cl2N2O4S. The van der Waals surface area contributed by atoms with Crippen LogP contribution in [0.15, 0.2) is 42.5 Å². The van der Waals surface area contributed by atoms with Crippen molar-refractivity contribution in [3.8, 4) is 0 Å². The van der Waals surface area contributed by atoms with Gasteiger partial charge in [0.25, 0.3) is 5.91 Å². The lowest BCUT2D eigenvalue weighted by Crippen LogP contribution is -2.22. The molecule has 0 aliphatic rings. The van der Waals surface area contributed by atoms with E-state index in [1.165, 1.54) is 0 Å². The lowest BCUT2D eigenvalue weighted by Gasteiger charge is -2.09. The number of halogens is 2. The molecule has 148 valence electrons. The zero-order chi connectivity index (χ0) is 20.5. The van der Waals surface area contributed by atoms with Crippen molar-refractivity contribution in [3.05, 3.63) is 58.1 Å². The van der Waals surface area contributed by atoms with E-state index in [4.69, 9.17) is 27.9 Å². The van der Waals surface area contributed by atoms with Gasteiger partial charge < -0.3 is 15.4 Å². The van der Waals surface area contributed by atoms with Crippen LogP contribution in [-0.4, -0.2) is 35.9 Å². The third-order valence-corrected chi connectivity index (χ3v) is 4.80. The monoisotopic (exact) mass is 440 g/mol. The zero-order valence-corrected chi connectivity index (χ0v) is 17.3. The van der Waals surface area contributed by atoms with E-state index < -0.39 is 18.5 Å². The van der Waals surface area contributed by atoms with Crippen molar-refractivity contribution in [1.29, 1.82) is 0 Å². The maximum atomic E-state index is 11.9. The second-order valence-electron chi connectivity index (χ2n) is 5.72. The first kappa shape index (κ1) is 22.1. The molecule has 0 fully saturated rings. The van der Waals surface area contributed by atoms with Gasteiger partial charge in [0.2, 0.25) is 5.91 Å². The summed E-state index contributed by atoms with van der Waals surface area (Å²) < 4.78 is 4.91. The average Bonchev–Trinajstić information content (AvgIpc) is 2.64. The van der Waals surface area contributed by atoms with E-state index in [1.54, 1.807) is 49.4 Å². The molecule has 0 unspecified atom stereocenters. The summed E-state index contributed by atoms with van der Waals surface area (Å²) in [6, 6.07) is 11.7. The van der Waals surface area contributed by atoms with Crippen LogP contribution < -0.4 is 10.6 Å². The smallest absolute Gasteiger partial charge is 0.316 e. The van der Waals surface area contributed by atoms with Crippen LogP contribution in [0.5, 0.6) is 0 Å². The number of carbonyl (C=O) groups is 3. The molecule has 28 heavy (non-hydrogen) atoms. The maximum Gasteiger partial charge on any atom is 0.316 e. The van der Waals surface area contributed by atoms with Gasteiger partial charge in [0.1, 0.15) is 0 Å². The molecule has 0 atom stereocenters. The van der Waals surface area contributed by atoms with E-state index in [0.717, 1.165) is 17.3 Å². The van der Waals surface area contributed by atoms with Crippen molar-refractivity contribution in [1.82, 2.24) is 0 Å². The standard InChI is InChI=1S/C19H18Cl2N2O4S/c1-12-8-14(21)4-7-16(12)23-17(24)9-27-19(26)11-28-10-18(25)22-15-5-2-13(20)3-6-15/h2-8H,9-11H2,1H3,(H,22,25)(H,23,24). The first-order valence-corrected chi connectivity index (χ1v) is 10.1. The summed E-state index contributed by atoms with van der Waals surface area (Å²) in [5, 5.41) is 6.47. The topological polar surface area (TPSA) is 84.5 Å². The molecule has 0 aliphatic heterocycles. The second kappa shape index (κ2) is 10.9. The van der Waals surface area contributed by atoms with E-state index in [0.29, 0.717) is 21.4 Å². The molecule has 2 amide bonds. The van der Waals surface area contributed by atoms with Gasteiger partial charge in [-0.05, 0) is 55.0 Å². The van der Waals surface area contributed by atoms with Crippen LogP contribution in [-0.2, 0) is 19.1 Å². The molecule has 0 saturated carbocycles. The highest BCUT2D eigenvalue weighted by Gasteiger charge is 2.11. The van der Waals surface area contributed by atoms with Crippen molar-refractivity contribution in [2.24, 2.45) is 0 Å². The molecule has 2 N–H and O–H groups in total. The number of nitrogens with one attached hydrogen (secondary N) is 2. The molecule has 0 heterocycles. The van der Waals surface area contributed by atoms with Crippen LogP contribution >= 0.6 is 35.0 Å². The van der Waals surface area contributed by atoms with Gasteiger partial charge in [0.05, 0.1) is 11.5 Å². The average molecular weight is 441 g/mol. The molecule has 0 saturated heterocycles. The van der Waals surface area contributed by atoms with Crippen molar-refractivity contribution >= 4 is 64.1 Å². The number of rotatable bonds is 8. The van der Waals surface area contributed by atoms with Crippen molar-refractivity contribution in [3.63, 3.8) is 0 Å². The van der Waals surface area contributed by atoms with Crippen LogP contribution in [0.3, 0.4) is 0 Å². The Bertz CT molecular complexity index is 860. The first-order chi connectivity index (χ1) is 13.3. The Labute approximate surface area is 176 Å². The predicted octanol–water partition coefficient (Wildman–Crippen LogP) is 4.16. The Hall–Kier alpha value is -2.22. The quantitative estimate of drug-likeness (QED) is 0.602. The Balaban J connectivity index is 1.64. The molecule has 6 nitrogen and oxygen atoms in total. The Kier molecular flexibility index (Phi) is 8.63. The van der Waals surface area contributed by atoms with Gasteiger partial charge in [-0.25, -0.2) is 0 Å². The number of ether oxygens (including phenoxy) is 1. The fourth-order valence-corrected chi connectivity index (χ4v) is 3.06. The highest BCUT2D eigenvalue weighted by atomic mass is 35.5. The largest absolute Gasteiger partial charge is 0.455 e. The van der Waals surface area contributed by atoms with Crippen LogP contribution in [0, 0.1) is 6.92 Å². The van der Waals surface area contributed by atoms with E-state index in [-0.39, 0.29) is 17.4 Å². The zero-order valence-electron chi connectivity index (χ0n) is 15.0. The van der Waals surface area contributed by atoms with Gasteiger partial charge in [-0.15, -0.1) is 11.8 Å². The summed E-state index contributed by atoms with van der Waals surface area (Å²) in [6.07, 6.45) is 0. The molecule has 0 spiro atoms. The van der Waals surface area contributed by atoms with Gasteiger partial charge in [-0.3, -0.25) is 14.4 Å². The van der Waals surface area contributed by atoms with Crippen molar-refractivity contribution in [2.75, 3.05) is 28.7 Å². The maximum absolute atomic E-state index is 11.9.